The lowest BCUT2D eigenvalue weighted by molar-refractivity contribution is -0.140. The molecule has 4 aromatic rings. The molecule has 0 fully saturated rings. The molecular formula is C35H38FN3O4S. The van der Waals surface area contributed by atoms with E-state index in [1.165, 1.54) is 35.2 Å². The van der Waals surface area contributed by atoms with Gasteiger partial charge in [-0.15, -0.1) is 0 Å². The molecule has 230 valence electrons. The monoisotopic (exact) mass is 615 g/mol. The van der Waals surface area contributed by atoms with Gasteiger partial charge in [0.05, 0.1) is 10.6 Å². The number of anilines is 1. The predicted octanol–water partition coefficient (Wildman–Crippen LogP) is 5.80. The lowest BCUT2D eigenvalue weighted by Crippen LogP contribution is -2.53. The van der Waals surface area contributed by atoms with E-state index in [0.29, 0.717) is 13.0 Å². The number of hydrogen-bond acceptors (Lipinski definition) is 4. The zero-order chi connectivity index (χ0) is 31.7. The molecule has 0 spiro atoms. The highest BCUT2D eigenvalue weighted by atomic mass is 32.2. The van der Waals surface area contributed by atoms with Crippen molar-refractivity contribution in [1.29, 1.82) is 0 Å². The van der Waals surface area contributed by atoms with E-state index >= 15 is 4.39 Å². The molecule has 0 aromatic heterocycles. The maximum absolute atomic E-state index is 15.2. The van der Waals surface area contributed by atoms with Crippen LogP contribution in [0.5, 0.6) is 0 Å². The molecule has 1 unspecified atom stereocenters. The lowest BCUT2D eigenvalue weighted by Gasteiger charge is -2.34. The Morgan fingerprint density at radius 3 is 2.14 bits per heavy atom. The number of nitrogens with one attached hydrogen (secondary N) is 1. The first-order valence-electron chi connectivity index (χ1n) is 14.6. The Hall–Kier alpha value is -4.50. The second-order valence-corrected chi connectivity index (χ2v) is 12.6. The Bertz CT molecular complexity index is 1680. The molecule has 0 bridgehead atoms. The summed E-state index contributed by atoms with van der Waals surface area (Å²) < 4.78 is 44.0. The minimum atomic E-state index is -4.38. The quantitative estimate of drug-likeness (QED) is 0.206. The minimum Gasteiger partial charge on any atom is -0.354 e. The van der Waals surface area contributed by atoms with Crippen LogP contribution in [0.4, 0.5) is 10.1 Å². The van der Waals surface area contributed by atoms with E-state index < -0.39 is 34.3 Å². The summed E-state index contributed by atoms with van der Waals surface area (Å²) in [5.41, 5.74) is 3.15. The SMILES string of the molecule is CCCNC(=O)C(Cc1ccccc1)N(Cc1ccccc1C)C(=O)CN(c1ccccc1F)S(=O)(=O)c1ccc(C)cc1. The Morgan fingerprint density at radius 2 is 1.48 bits per heavy atom. The summed E-state index contributed by atoms with van der Waals surface area (Å²) in [7, 11) is -4.38. The summed E-state index contributed by atoms with van der Waals surface area (Å²) >= 11 is 0. The molecule has 0 heterocycles. The third-order valence-electron chi connectivity index (χ3n) is 7.43. The van der Waals surface area contributed by atoms with E-state index in [9.17, 15) is 18.0 Å². The molecule has 9 heteroatoms. The number of carbonyl (C=O) groups is 2. The molecule has 7 nitrogen and oxygen atoms in total. The molecule has 0 saturated carbocycles. The number of carbonyl (C=O) groups excluding carboxylic acids is 2. The van der Waals surface area contributed by atoms with Gasteiger partial charge < -0.3 is 10.2 Å². The van der Waals surface area contributed by atoms with Gasteiger partial charge in [0.15, 0.2) is 0 Å². The molecule has 1 N–H and O–H groups in total. The average molecular weight is 616 g/mol. The summed E-state index contributed by atoms with van der Waals surface area (Å²) in [6.45, 7) is 5.43. The van der Waals surface area contributed by atoms with Gasteiger partial charge in [-0.2, -0.15) is 0 Å². The summed E-state index contributed by atoms with van der Waals surface area (Å²) in [6, 6.07) is 27.5. The van der Waals surface area contributed by atoms with Gasteiger partial charge in [-0.05, 0) is 61.2 Å². The fraction of sp³-hybridized carbons (Fsp3) is 0.257. The first-order chi connectivity index (χ1) is 21.1. The summed E-state index contributed by atoms with van der Waals surface area (Å²) in [4.78, 5) is 29.4. The number of nitrogens with zero attached hydrogens (tertiary/aromatic N) is 2. The summed E-state index contributed by atoms with van der Waals surface area (Å²) in [5, 5.41) is 2.92. The van der Waals surface area contributed by atoms with Crippen LogP contribution >= 0.6 is 0 Å². The third kappa shape index (κ3) is 7.90. The molecule has 0 saturated heterocycles. The van der Waals surface area contributed by atoms with E-state index in [1.54, 1.807) is 12.1 Å². The van der Waals surface area contributed by atoms with Gasteiger partial charge in [0.2, 0.25) is 11.8 Å². The van der Waals surface area contributed by atoms with E-state index in [2.05, 4.69) is 5.32 Å². The number of amides is 2. The van der Waals surface area contributed by atoms with Crippen molar-refractivity contribution in [2.45, 2.75) is 51.1 Å². The van der Waals surface area contributed by atoms with Crippen LogP contribution in [0, 0.1) is 19.7 Å². The predicted molar refractivity (Wildman–Crippen MR) is 171 cm³/mol. The van der Waals surface area contributed by atoms with Gasteiger partial charge in [0.25, 0.3) is 10.0 Å². The van der Waals surface area contributed by atoms with Crippen molar-refractivity contribution < 1.29 is 22.4 Å². The van der Waals surface area contributed by atoms with Crippen molar-refractivity contribution in [3.63, 3.8) is 0 Å². The number of para-hydroxylation sites is 1. The van der Waals surface area contributed by atoms with Crippen molar-refractivity contribution in [2.75, 3.05) is 17.4 Å². The standard InChI is InChI=1S/C35H38FN3O4S/c1-4-22-37-35(41)33(23-28-13-6-5-7-14-28)38(24-29-15-9-8-12-27(29)3)34(40)25-39(32-17-11-10-16-31(32)36)44(42,43)30-20-18-26(2)19-21-30/h5-21,33H,4,22-25H2,1-3H3,(H,37,41). The molecule has 0 aliphatic rings. The molecule has 4 aromatic carbocycles. The van der Waals surface area contributed by atoms with Gasteiger partial charge in [-0.3, -0.25) is 13.9 Å². The van der Waals surface area contributed by atoms with E-state index in [1.807, 2.05) is 75.4 Å². The van der Waals surface area contributed by atoms with Gasteiger partial charge in [0.1, 0.15) is 18.4 Å². The fourth-order valence-electron chi connectivity index (χ4n) is 4.90. The Labute approximate surface area is 259 Å². The molecule has 2 amide bonds. The van der Waals surface area contributed by atoms with Crippen LogP contribution < -0.4 is 9.62 Å². The maximum Gasteiger partial charge on any atom is 0.264 e. The summed E-state index contributed by atoms with van der Waals surface area (Å²) in [6.07, 6.45) is 0.907. The average Bonchev–Trinajstić information content (AvgIpc) is 3.02. The number of rotatable bonds is 13. The van der Waals surface area contributed by atoms with Crippen LogP contribution in [0.3, 0.4) is 0 Å². The second-order valence-electron chi connectivity index (χ2n) is 10.7. The van der Waals surface area contributed by atoms with Gasteiger partial charge in [-0.25, -0.2) is 12.8 Å². The van der Waals surface area contributed by atoms with Crippen LogP contribution in [0.15, 0.2) is 108 Å². The smallest absolute Gasteiger partial charge is 0.264 e. The lowest BCUT2D eigenvalue weighted by atomic mass is 10.0. The number of halogens is 1. The van der Waals surface area contributed by atoms with Crippen LogP contribution in [-0.4, -0.2) is 44.3 Å². The maximum atomic E-state index is 15.2. The van der Waals surface area contributed by atoms with E-state index in [-0.39, 0.29) is 29.5 Å². The number of hydrogen-bond donors (Lipinski definition) is 1. The van der Waals surface area contributed by atoms with Gasteiger partial charge in [0, 0.05) is 19.5 Å². The van der Waals surface area contributed by atoms with Gasteiger partial charge in [-0.1, -0.05) is 91.3 Å². The number of aryl methyl sites for hydroxylation is 2. The normalized spacial score (nSPS) is 11.9. The molecule has 4 rings (SSSR count). The Morgan fingerprint density at radius 1 is 0.841 bits per heavy atom. The summed E-state index contributed by atoms with van der Waals surface area (Å²) in [5.74, 6) is -1.78. The van der Waals surface area contributed by atoms with Crippen molar-refractivity contribution in [3.8, 4) is 0 Å². The molecular weight excluding hydrogens is 577 g/mol. The zero-order valence-electron chi connectivity index (χ0n) is 25.2. The second kappa shape index (κ2) is 14.8. The van der Waals surface area contributed by atoms with Crippen molar-refractivity contribution in [3.05, 3.63) is 131 Å². The molecule has 1 atom stereocenters. The van der Waals surface area contributed by atoms with Crippen LogP contribution in [0.2, 0.25) is 0 Å². The first-order valence-corrected chi connectivity index (χ1v) is 16.1. The topological polar surface area (TPSA) is 86.8 Å². The van der Waals surface area contributed by atoms with Crippen LogP contribution in [0.25, 0.3) is 0 Å². The first kappa shape index (κ1) is 32.4. The van der Waals surface area contributed by atoms with E-state index in [4.69, 9.17) is 0 Å². The Kier molecular flexibility index (Phi) is 10.9. The van der Waals surface area contributed by atoms with Crippen molar-refractivity contribution in [2.24, 2.45) is 0 Å². The van der Waals surface area contributed by atoms with Crippen LogP contribution in [-0.2, 0) is 32.6 Å². The minimum absolute atomic E-state index is 0.0538. The number of benzene rings is 4. The highest BCUT2D eigenvalue weighted by Crippen LogP contribution is 2.27. The van der Waals surface area contributed by atoms with E-state index in [0.717, 1.165) is 32.6 Å². The zero-order valence-corrected chi connectivity index (χ0v) is 26.1. The molecule has 0 radical (unpaired) electrons. The van der Waals surface area contributed by atoms with Crippen molar-refractivity contribution >= 4 is 27.5 Å². The van der Waals surface area contributed by atoms with Gasteiger partial charge >= 0.3 is 0 Å². The van der Waals surface area contributed by atoms with Crippen molar-refractivity contribution in [1.82, 2.24) is 10.2 Å². The van der Waals surface area contributed by atoms with Crippen LogP contribution in [0.1, 0.15) is 35.6 Å². The Balaban J connectivity index is 1.81. The highest BCUT2D eigenvalue weighted by molar-refractivity contribution is 7.92. The molecule has 0 aliphatic carbocycles. The molecule has 44 heavy (non-hydrogen) atoms. The largest absolute Gasteiger partial charge is 0.354 e. The highest BCUT2D eigenvalue weighted by Gasteiger charge is 2.35. The molecule has 0 aliphatic heterocycles. The fourth-order valence-corrected chi connectivity index (χ4v) is 6.32. The third-order valence-corrected chi connectivity index (χ3v) is 9.21. The number of sulfonamides is 1.